The van der Waals surface area contributed by atoms with E-state index in [2.05, 4.69) is 45.0 Å². The fourth-order valence-electron chi connectivity index (χ4n) is 2.74. The third kappa shape index (κ3) is 15.1. The summed E-state index contributed by atoms with van der Waals surface area (Å²) in [5.41, 5.74) is 5.61. The van der Waals surface area contributed by atoms with Crippen molar-refractivity contribution in [2.24, 2.45) is 11.7 Å². The number of hydrogen-bond donors (Lipinski definition) is 2. The number of carbonyl (C=O) groups excluding carboxylic acids is 2. The van der Waals surface area contributed by atoms with Gasteiger partial charge < -0.3 is 20.6 Å². The molecule has 3 unspecified atom stereocenters. The summed E-state index contributed by atoms with van der Waals surface area (Å²) in [6.45, 7) is 14.1. The monoisotopic (exact) mass is 380 g/mol. The quantitative estimate of drug-likeness (QED) is 0.379. The van der Waals surface area contributed by atoms with E-state index in [1.807, 2.05) is 13.1 Å². The number of carbonyl (C=O) groups is 2. The van der Waals surface area contributed by atoms with Gasteiger partial charge in [0.25, 0.3) is 0 Å². The van der Waals surface area contributed by atoms with E-state index < -0.39 is 0 Å². The predicted molar refractivity (Wildman–Crippen MR) is 115 cm³/mol. The van der Waals surface area contributed by atoms with Crippen LogP contribution in [0.1, 0.15) is 59.3 Å². The summed E-state index contributed by atoms with van der Waals surface area (Å²) >= 11 is 0. The Hall–Kier alpha value is -1.72. The lowest BCUT2D eigenvalue weighted by Crippen LogP contribution is -2.32. The molecule has 0 amide bonds. The second-order valence-corrected chi connectivity index (χ2v) is 6.64. The molecule has 1 fully saturated rings. The zero-order valence-corrected chi connectivity index (χ0v) is 17.7. The number of ether oxygens (including phenoxy) is 1. The lowest BCUT2D eigenvalue weighted by Gasteiger charge is -2.27. The average Bonchev–Trinajstić information content (AvgIpc) is 2.65. The molecule has 3 N–H and O–H groups in total. The molecular weight excluding hydrogens is 340 g/mol. The first-order chi connectivity index (χ1) is 12.9. The van der Waals surface area contributed by atoms with Crippen LogP contribution in [0.5, 0.6) is 0 Å². The Morgan fingerprint density at radius 3 is 2.33 bits per heavy atom. The van der Waals surface area contributed by atoms with Crippen molar-refractivity contribution in [3.63, 3.8) is 0 Å². The van der Waals surface area contributed by atoms with Crippen molar-refractivity contribution < 1.29 is 14.3 Å². The molecule has 1 aliphatic rings. The van der Waals surface area contributed by atoms with E-state index in [1.54, 1.807) is 12.2 Å². The minimum atomic E-state index is -0.139. The molecule has 0 saturated heterocycles. The summed E-state index contributed by atoms with van der Waals surface area (Å²) in [5, 5.41) is 3.13. The van der Waals surface area contributed by atoms with Crippen LogP contribution in [0.15, 0.2) is 37.0 Å². The first-order valence-corrected chi connectivity index (χ1v) is 9.89. The van der Waals surface area contributed by atoms with Gasteiger partial charge in [-0.2, -0.15) is 0 Å². The van der Waals surface area contributed by atoms with E-state index in [0.717, 1.165) is 24.8 Å². The number of likely N-dealkylation sites (N-methyl/N-ethyl adjacent to an activating group) is 1. The van der Waals surface area contributed by atoms with Gasteiger partial charge in [-0.15, -0.1) is 0 Å². The highest BCUT2D eigenvalue weighted by Gasteiger charge is 2.23. The van der Waals surface area contributed by atoms with E-state index in [0.29, 0.717) is 18.6 Å². The number of nitrogens with two attached hydrogens (primary N) is 1. The largest absolute Gasteiger partial charge is 0.462 e. The minimum Gasteiger partial charge on any atom is -0.462 e. The molecule has 3 atom stereocenters. The van der Waals surface area contributed by atoms with Crippen molar-refractivity contribution in [2.75, 3.05) is 13.6 Å². The molecule has 5 nitrogen and oxygen atoms in total. The SMILES string of the molecule is C=C/C=C(\C=C)C(CC(=O)OC1CCCC(C)C1)NC.CCC.NCC=O. The minimum absolute atomic E-state index is 0.0704. The second-order valence-electron chi connectivity index (χ2n) is 6.64. The van der Waals surface area contributed by atoms with Gasteiger partial charge >= 0.3 is 5.97 Å². The van der Waals surface area contributed by atoms with Gasteiger partial charge in [-0.25, -0.2) is 0 Å². The Bertz CT molecular complexity index is 447. The molecule has 0 bridgehead atoms. The van der Waals surface area contributed by atoms with Crippen LogP contribution in [0.4, 0.5) is 0 Å². The summed E-state index contributed by atoms with van der Waals surface area (Å²) in [6, 6.07) is -0.0704. The van der Waals surface area contributed by atoms with Gasteiger partial charge in [-0.3, -0.25) is 4.79 Å². The number of nitrogens with one attached hydrogen (secondary N) is 1. The molecule has 156 valence electrons. The predicted octanol–water partition coefficient (Wildman–Crippen LogP) is 3.95. The summed E-state index contributed by atoms with van der Waals surface area (Å²) in [5.74, 6) is 0.520. The van der Waals surface area contributed by atoms with Crippen molar-refractivity contribution in [1.82, 2.24) is 5.32 Å². The third-order valence-corrected chi connectivity index (χ3v) is 3.95. The Kier molecular flexibility index (Phi) is 19.4. The molecule has 0 radical (unpaired) electrons. The van der Waals surface area contributed by atoms with Gasteiger partial charge in [-0.1, -0.05) is 65.0 Å². The number of aldehydes is 1. The van der Waals surface area contributed by atoms with Gasteiger partial charge in [0.2, 0.25) is 0 Å². The Morgan fingerprint density at radius 1 is 1.33 bits per heavy atom. The van der Waals surface area contributed by atoms with Crippen LogP contribution in [-0.4, -0.2) is 38.0 Å². The lowest BCUT2D eigenvalue weighted by atomic mass is 9.89. The molecule has 27 heavy (non-hydrogen) atoms. The molecule has 0 aromatic rings. The molecule has 1 saturated carbocycles. The van der Waals surface area contributed by atoms with Crippen LogP contribution in [0.3, 0.4) is 0 Å². The normalized spacial score (nSPS) is 20.0. The molecule has 0 heterocycles. The standard InChI is InChI=1S/C17H27NO2.C3H8.C2H5NO/c1-5-8-14(6-2)16(18-4)12-17(19)20-15-10-7-9-13(3)11-15;1-3-2;3-1-2-4/h5-6,8,13,15-16,18H,1-2,7,9-12H2,3-4H3;3H2,1-2H3;2H,1,3H2/b14-8+;;. The van der Waals surface area contributed by atoms with Crippen LogP contribution in [0, 0.1) is 5.92 Å². The molecule has 0 spiro atoms. The molecule has 0 aliphatic heterocycles. The third-order valence-electron chi connectivity index (χ3n) is 3.95. The smallest absolute Gasteiger partial charge is 0.307 e. The van der Waals surface area contributed by atoms with Gasteiger partial charge in [-0.05, 0) is 37.8 Å². The average molecular weight is 381 g/mol. The van der Waals surface area contributed by atoms with Crippen molar-refractivity contribution in [3.8, 4) is 0 Å². The molecule has 1 rings (SSSR count). The van der Waals surface area contributed by atoms with Gasteiger partial charge in [0, 0.05) is 12.6 Å². The topological polar surface area (TPSA) is 81.4 Å². The van der Waals surface area contributed by atoms with Crippen molar-refractivity contribution in [1.29, 1.82) is 0 Å². The van der Waals surface area contributed by atoms with E-state index >= 15 is 0 Å². The number of rotatable bonds is 8. The first kappa shape index (κ1) is 27.5. The highest BCUT2D eigenvalue weighted by Crippen LogP contribution is 2.26. The molecule has 0 aromatic heterocycles. The van der Waals surface area contributed by atoms with E-state index in [-0.39, 0.29) is 24.7 Å². The Balaban J connectivity index is 0. The van der Waals surface area contributed by atoms with E-state index in [4.69, 9.17) is 9.53 Å². The molecule has 5 heteroatoms. The van der Waals surface area contributed by atoms with Gasteiger partial charge in [0.1, 0.15) is 12.4 Å². The van der Waals surface area contributed by atoms with Crippen LogP contribution >= 0.6 is 0 Å². The summed E-state index contributed by atoms with van der Waals surface area (Å²) in [6.07, 6.45) is 12.0. The van der Waals surface area contributed by atoms with Crippen molar-refractivity contribution in [2.45, 2.75) is 71.4 Å². The number of allylic oxidation sites excluding steroid dienone is 2. The zero-order chi connectivity index (χ0) is 21.1. The second kappa shape index (κ2) is 19.1. The molecule has 1 aliphatic carbocycles. The fraction of sp³-hybridized carbons (Fsp3) is 0.636. The summed E-state index contributed by atoms with van der Waals surface area (Å²) in [7, 11) is 1.83. The molecule has 0 aromatic carbocycles. The van der Waals surface area contributed by atoms with Crippen LogP contribution in [0.2, 0.25) is 0 Å². The Labute approximate surface area is 166 Å². The van der Waals surface area contributed by atoms with E-state index in [9.17, 15) is 4.79 Å². The number of hydrogen-bond acceptors (Lipinski definition) is 5. The highest BCUT2D eigenvalue weighted by atomic mass is 16.5. The van der Waals surface area contributed by atoms with Crippen LogP contribution in [-0.2, 0) is 14.3 Å². The maximum absolute atomic E-state index is 12.1. The lowest BCUT2D eigenvalue weighted by molar-refractivity contribution is -0.151. The van der Waals surface area contributed by atoms with Gasteiger partial charge in [0.05, 0.1) is 6.42 Å². The summed E-state index contributed by atoms with van der Waals surface area (Å²) < 4.78 is 5.60. The number of esters is 1. The first-order valence-electron chi connectivity index (χ1n) is 9.89. The van der Waals surface area contributed by atoms with Crippen molar-refractivity contribution in [3.05, 3.63) is 37.0 Å². The summed E-state index contributed by atoms with van der Waals surface area (Å²) in [4.78, 5) is 21.1. The maximum Gasteiger partial charge on any atom is 0.307 e. The fourth-order valence-corrected chi connectivity index (χ4v) is 2.74. The zero-order valence-electron chi connectivity index (χ0n) is 17.7. The van der Waals surface area contributed by atoms with Crippen LogP contribution < -0.4 is 11.1 Å². The maximum atomic E-state index is 12.1. The van der Waals surface area contributed by atoms with Crippen molar-refractivity contribution >= 4 is 12.3 Å². The van der Waals surface area contributed by atoms with E-state index in [1.165, 1.54) is 12.8 Å². The van der Waals surface area contributed by atoms with Crippen LogP contribution in [0.25, 0.3) is 0 Å². The molecular formula is C22H40N2O3. The Morgan fingerprint density at radius 2 is 1.93 bits per heavy atom. The van der Waals surface area contributed by atoms with Gasteiger partial charge in [0.15, 0.2) is 0 Å². The highest BCUT2D eigenvalue weighted by molar-refractivity contribution is 5.71.